The molecule has 0 aliphatic heterocycles. The molecule has 0 saturated carbocycles. The third kappa shape index (κ3) is 4.35. The number of thioether (sulfide) groups is 1. The molecule has 0 unspecified atom stereocenters. The highest BCUT2D eigenvalue weighted by atomic mass is 32.2. The number of amides is 1. The number of carbonyl (C=O) groups is 1. The predicted octanol–water partition coefficient (Wildman–Crippen LogP) is 4.73. The molecule has 1 N–H and O–H groups in total. The number of benzene rings is 1. The molecule has 0 aliphatic carbocycles. The van der Waals surface area contributed by atoms with Crippen LogP contribution >= 0.6 is 23.1 Å². The van der Waals surface area contributed by atoms with E-state index in [4.69, 9.17) is 0 Å². The smallest absolute Gasteiger partial charge is 0.295 e. The highest BCUT2D eigenvalue weighted by Gasteiger charge is 2.22. The van der Waals surface area contributed by atoms with Crippen molar-refractivity contribution in [2.45, 2.75) is 45.8 Å². The Morgan fingerprint density at radius 1 is 1.15 bits per heavy atom. The van der Waals surface area contributed by atoms with Gasteiger partial charge in [-0.2, -0.15) is 0 Å². The summed E-state index contributed by atoms with van der Waals surface area (Å²) in [7, 11) is 1.80. The number of rotatable bonds is 7. The second-order valence-electron chi connectivity index (χ2n) is 8.37. The summed E-state index contributed by atoms with van der Waals surface area (Å²) in [6.07, 6.45) is 0. The van der Waals surface area contributed by atoms with Gasteiger partial charge in [0.05, 0.1) is 17.1 Å². The molecule has 8 nitrogen and oxygen atoms in total. The highest BCUT2D eigenvalue weighted by molar-refractivity contribution is 7.99. The van der Waals surface area contributed by atoms with Crippen molar-refractivity contribution < 1.29 is 4.79 Å². The van der Waals surface area contributed by atoms with Crippen LogP contribution in [-0.4, -0.2) is 35.8 Å². The van der Waals surface area contributed by atoms with Crippen molar-refractivity contribution in [3.63, 3.8) is 0 Å². The van der Waals surface area contributed by atoms with Crippen LogP contribution in [-0.2, 0) is 11.8 Å². The molecule has 0 radical (unpaired) electrons. The fraction of sp³-hybridized carbons (Fsp3) is 0.333. The Bertz CT molecular complexity index is 1390. The predicted molar refractivity (Wildman–Crippen MR) is 138 cm³/mol. The Labute approximate surface area is 206 Å². The van der Waals surface area contributed by atoms with Gasteiger partial charge >= 0.3 is 0 Å². The highest BCUT2D eigenvalue weighted by Crippen LogP contribution is 2.33. The summed E-state index contributed by atoms with van der Waals surface area (Å²) in [5.74, 6) is 0.661. The average Bonchev–Trinajstić information content (AvgIpc) is 3.44. The molecule has 4 rings (SSSR count). The molecule has 1 amide bonds. The lowest BCUT2D eigenvalue weighted by Crippen LogP contribution is -2.23. The van der Waals surface area contributed by atoms with Crippen LogP contribution in [0.1, 0.15) is 36.0 Å². The first kappa shape index (κ1) is 24.0. The average molecular weight is 497 g/mol. The molecule has 4 aromatic rings. The van der Waals surface area contributed by atoms with E-state index in [0.717, 1.165) is 17.1 Å². The van der Waals surface area contributed by atoms with Crippen molar-refractivity contribution in [1.82, 2.24) is 24.1 Å². The maximum Gasteiger partial charge on any atom is 0.295 e. The molecule has 3 aromatic heterocycles. The number of para-hydroxylation sites is 1. The summed E-state index contributed by atoms with van der Waals surface area (Å²) in [4.78, 5) is 27.1. The second kappa shape index (κ2) is 9.63. The van der Waals surface area contributed by atoms with Gasteiger partial charge in [-0.05, 0) is 52.3 Å². The minimum atomic E-state index is -0.265. The maximum absolute atomic E-state index is 13.1. The first-order valence-corrected chi connectivity index (χ1v) is 12.8. The lowest BCUT2D eigenvalue weighted by molar-refractivity contribution is -0.113. The topological polar surface area (TPSA) is 86.7 Å². The van der Waals surface area contributed by atoms with E-state index in [1.165, 1.54) is 22.2 Å². The van der Waals surface area contributed by atoms with Crippen LogP contribution < -0.4 is 10.9 Å². The number of aromatic nitrogens is 5. The first-order valence-electron chi connectivity index (χ1n) is 11.0. The fourth-order valence-corrected chi connectivity index (χ4v) is 5.51. The molecular weight excluding hydrogens is 468 g/mol. The standard InChI is InChI=1S/C24H28N6O2S2/c1-14(2)29-22(19-12-33-17(5)15(19)3)26-27-24(29)34-13-20(31)25-21-16(4)28(6)30(23(21)32)18-10-8-7-9-11-18/h7-12,14H,13H2,1-6H3,(H,25,31). The number of hydrogen-bond donors (Lipinski definition) is 1. The monoisotopic (exact) mass is 496 g/mol. The summed E-state index contributed by atoms with van der Waals surface area (Å²) in [5, 5.41) is 14.4. The molecular formula is C24H28N6O2S2. The Balaban J connectivity index is 1.54. The molecule has 0 fully saturated rings. The molecule has 1 aromatic carbocycles. The van der Waals surface area contributed by atoms with Crippen molar-refractivity contribution in [3.8, 4) is 17.1 Å². The van der Waals surface area contributed by atoms with Crippen LogP contribution in [0.4, 0.5) is 5.69 Å². The van der Waals surface area contributed by atoms with Crippen molar-refractivity contribution in [3.05, 3.63) is 62.2 Å². The molecule has 0 bridgehead atoms. The van der Waals surface area contributed by atoms with E-state index in [1.807, 2.05) is 37.3 Å². The molecule has 0 aliphatic rings. The number of nitrogens with zero attached hydrogens (tertiary/aromatic N) is 5. The van der Waals surface area contributed by atoms with Crippen molar-refractivity contribution in [2.24, 2.45) is 7.05 Å². The van der Waals surface area contributed by atoms with Crippen LogP contribution in [0.5, 0.6) is 0 Å². The van der Waals surface area contributed by atoms with Gasteiger partial charge < -0.3 is 5.32 Å². The molecule has 178 valence electrons. The zero-order chi connectivity index (χ0) is 24.6. The third-order valence-electron chi connectivity index (χ3n) is 5.86. The lowest BCUT2D eigenvalue weighted by Gasteiger charge is -2.13. The van der Waals surface area contributed by atoms with Gasteiger partial charge in [0.15, 0.2) is 11.0 Å². The summed E-state index contributed by atoms with van der Waals surface area (Å²) in [5.41, 5.74) is 3.71. The van der Waals surface area contributed by atoms with E-state index in [0.29, 0.717) is 10.9 Å². The van der Waals surface area contributed by atoms with Gasteiger partial charge in [0.1, 0.15) is 5.69 Å². The second-order valence-corrected chi connectivity index (χ2v) is 10.4. The number of carbonyl (C=O) groups excluding carboxylic acids is 1. The summed E-state index contributed by atoms with van der Waals surface area (Å²) < 4.78 is 5.35. The zero-order valence-electron chi connectivity index (χ0n) is 20.1. The first-order chi connectivity index (χ1) is 16.2. The molecule has 0 atom stereocenters. The van der Waals surface area contributed by atoms with Gasteiger partial charge in [-0.15, -0.1) is 21.5 Å². The molecule has 0 saturated heterocycles. The summed E-state index contributed by atoms with van der Waals surface area (Å²) in [6, 6.07) is 9.48. The third-order valence-corrected chi connectivity index (χ3v) is 7.81. The fourth-order valence-electron chi connectivity index (χ4n) is 3.78. The van der Waals surface area contributed by atoms with Crippen LogP contribution in [0.15, 0.2) is 45.7 Å². The van der Waals surface area contributed by atoms with Crippen molar-refractivity contribution >= 4 is 34.7 Å². The zero-order valence-corrected chi connectivity index (χ0v) is 21.8. The molecule has 34 heavy (non-hydrogen) atoms. The lowest BCUT2D eigenvalue weighted by atomic mass is 10.1. The van der Waals surface area contributed by atoms with Gasteiger partial charge in [-0.1, -0.05) is 30.0 Å². The van der Waals surface area contributed by atoms with E-state index in [1.54, 1.807) is 27.7 Å². The van der Waals surface area contributed by atoms with Crippen molar-refractivity contribution in [2.75, 3.05) is 11.1 Å². The Morgan fingerprint density at radius 3 is 2.47 bits per heavy atom. The normalized spacial score (nSPS) is 11.4. The Hall–Kier alpha value is -3.11. The van der Waals surface area contributed by atoms with Gasteiger partial charge in [-0.25, -0.2) is 4.68 Å². The van der Waals surface area contributed by atoms with Crippen LogP contribution in [0.2, 0.25) is 0 Å². The number of nitrogens with one attached hydrogen (secondary N) is 1. The van der Waals surface area contributed by atoms with Gasteiger partial charge in [0.2, 0.25) is 5.91 Å². The van der Waals surface area contributed by atoms with Crippen LogP contribution in [0, 0.1) is 20.8 Å². The summed E-state index contributed by atoms with van der Waals surface area (Å²) in [6.45, 7) is 10.1. The Morgan fingerprint density at radius 2 is 1.85 bits per heavy atom. The number of aryl methyl sites for hydroxylation is 1. The maximum atomic E-state index is 13.1. The van der Waals surface area contributed by atoms with Crippen LogP contribution in [0.25, 0.3) is 17.1 Å². The number of thiophene rings is 1. The van der Waals surface area contributed by atoms with Gasteiger partial charge in [0.25, 0.3) is 5.56 Å². The Kier molecular flexibility index (Phi) is 6.81. The minimum Gasteiger partial charge on any atom is -0.319 e. The largest absolute Gasteiger partial charge is 0.319 e. The summed E-state index contributed by atoms with van der Waals surface area (Å²) >= 11 is 3.01. The number of anilines is 1. The molecule has 3 heterocycles. The van der Waals surface area contributed by atoms with Gasteiger partial charge in [-0.3, -0.25) is 18.8 Å². The van der Waals surface area contributed by atoms with Gasteiger partial charge in [0, 0.05) is 28.9 Å². The van der Waals surface area contributed by atoms with E-state index >= 15 is 0 Å². The van der Waals surface area contributed by atoms with E-state index in [9.17, 15) is 9.59 Å². The minimum absolute atomic E-state index is 0.117. The number of hydrogen-bond acceptors (Lipinski definition) is 6. The van der Waals surface area contributed by atoms with Crippen molar-refractivity contribution in [1.29, 1.82) is 0 Å². The van der Waals surface area contributed by atoms with Crippen LogP contribution in [0.3, 0.4) is 0 Å². The quantitative estimate of drug-likeness (QED) is 0.374. The molecule has 0 spiro atoms. The van der Waals surface area contributed by atoms with E-state index < -0.39 is 0 Å². The molecule has 10 heteroatoms. The SMILES string of the molecule is Cc1scc(-c2nnc(SCC(=O)Nc3c(C)n(C)n(-c4ccccc4)c3=O)n2C(C)C)c1C. The van der Waals surface area contributed by atoms with E-state index in [2.05, 4.69) is 53.2 Å². The van der Waals surface area contributed by atoms with E-state index in [-0.39, 0.29) is 28.9 Å².